The lowest BCUT2D eigenvalue weighted by Gasteiger charge is -1.97. The van der Waals surface area contributed by atoms with Crippen molar-refractivity contribution >= 4 is 34.1 Å². The number of hydrogen-bond acceptors (Lipinski definition) is 3. The van der Waals surface area contributed by atoms with Gasteiger partial charge in [-0.05, 0) is 6.07 Å². The fourth-order valence-corrected chi connectivity index (χ4v) is 1.57. The summed E-state index contributed by atoms with van der Waals surface area (Å²) in [5.74, 6) is 0. The molecule has 0 fully saturated rings. The number of nitrogens with one attached hydrogen (secondary N) is 1. The van der Waals surface area contributed by atoms with Crippen molar-refractivity contribution < 1.29 is 0 Å². The summed E-state index contributed by atoms with van der Waals surface area (Å²) in [5.41, 5.74) is 0.0212. The molecule has 2 aromatic rings. The molecule has 0 radical (unpaired) electrons. The van der Waals surface area contributed by atoms with E-state index in [1.54, 1.807) is 0 Å². The number of hydrogen-bond donors (Lipinski definition) is 1. The summed E-state index contributed by atoms with van der Waals surface area (Å²) in [6.07, 6.45) is 1.40. The molecule has 0 aliphatic rings. The minimum atomic E-state index is -0.369. The molecule has 2 rings (SSSR count). The van der Waals surface area contributed by atoms with Gasteiger partial charge in [0.25, 0.3) is 5.56 Å². The average molecular weight is 216 g/mol. The van der Waals surface area contributed by atoms with Gasteiger partial charge < -0.3 is 0 Å². The van der Waals surface area contributed by atoms with Crippen molar-refractivity contribution in [3.05, 3.63) is 32.8 Å². The second-order valence-corrected chi connectivity index (χ2v) is 3.18. The van der Waals surface area contributed by atoms with E-state index in [4.69, 9.17) is 23.2 Å². The third-order valence-corrected chi connectivity index (χ3v) is 2.04. The van der Waals surface area contributed by atoms with Crippen LogP contribution in [0.3, 0.4) is 0 Å². The van der Waals surface area contributed by atoms with Gasteiger partial charge in [0.1, 0.15) is 5.15 Å². The number of rotatable bonds is 0. The highest BCUT2D eigenvalue weighted by Crippen LogP contribution is 2.20. The fourth-order valence-electron chi connectivity index (χ4n) is 1.03. The molecule has 1 N–H and O–H groups in total. The van der Waals surface area contributed by atoms with Crippen molar-refractivity contribution in [1.29, 1.82) is 0 Å². The first-order valence-electron chi connectivity index (χ1n) is 3.38. The Labute approximate surface area is 82.5 Å². The maximum atomic E-state index is 11.2. The van der Waals surface area contributed by atoms with Gasteiger partial charge in [-0.1, -0.05) is 23.2 Å². The molecule has 0 bridgehead atoms. The average Bonchev–Trinajstić information content (AvgIpc) is 2.02. The Morgan fingerprint density at radius 1 is 1.38 bits per heavy atom. The van der Waals surface area contributed by atoms with Crippen molar-refractivity contribution in [2.45, 2.75) is 0 Å². The molecule has 0 aromatic carbocycles. The molecule has 13 heavy (non-hydrogen) atoms. The molecule has 66 valence electrons. The molecule has 4 nitrogen and oxygen atoms in total. The van der Waals surface area contributed by atoms with Crippen LogP contribution in [-0.4, -0.2) is 15.2 Å². The molecule has 0 saturated carbocycles. The van der Waals surface area contributed by atoms with E-state index < -0.39 is 0 Å². The van der Waals surface area contributed by atoms with E-state index in [0.717, 1.165) is 0 Å². The van der Waals surface area contributed by atoms with Gasteiger partial charge in [-0.3, -0.25) is 4.79 Å². The van der Waals surface area contributed by atoms with Crippen molar-refractivity contribution in [2.24, 2.45) is 0 Å². The van der Waals surface area contributed by atoms with Gasteiger partial charge in [0.05, 0.1) is 22.1 Å². The van der Waals surface area contributed by atoms with E-state index in [2.05, 4.69) is 15.2 Å². The Morgan fingerprint density at radius 3 is 2.92 bits per heavy atom. The molecule has 0 atom stereocenters. The minimum absolute atomic E-state index is 0.241. The molecular weight excluding hydrogens is 213 g/mol. The van der Waals surface area contributed by atoms with Crippen LogP contribution in [0.1, 0.15) is 0 Å². The second-order valence-electron chi connectivity index (χ2n) is 2.39. The van der Waals surface area contributed by atoms with Gasteiger partial charge in [-0.25, -0.2) is 10.1 Å². The Balaban J connectivity index is 3.03. The molecule has 2 heterocycles. The van der Waals surface area contributed by atoms with Gasteiger partial charge in [0.15, 0.2) is 0 Å². The number of nitrogens with zero attached hydrogens (tertiary/aromatic N) is 2. The summed E-state index contributed by atoms with van der Waals surface area (Å²) < 4.78 is 0. The minimum Gasteiger partial charge on any atom is -0.267 e. The summed E-state index contributed by atoms with van der Waals surface area (Å²) in [6, 6.07) is 1.42. The van der Waals surface area contributed by atoms with Crippen molar-refractivity contribution in [3.8, 4) is 0 Å². The Kier molecular flexibility index (Phi) is 1.94. The maximum absolute atomic E-state index is 11.2. The van der Waals surface area contributed by atoms with Crippen LogP contribution in [-0.2, 0) is 0 Å². The second kappa shape index (κ2) is 2.97. The van der Waals surface area contributed by atoms with Crippen LogP contribution >= 0.6 is 23.2 Å². The lowest BCUT2D eigenvalue weighted by Crippen LogP contribution is -2.08. The van der Waals surface area contributed by atoms with Crippen molar-refractivity contribution in [2.75, 3.05) is 0 Å². The summed E-state index contributed by atoms with van der Waals surface area (Å²) in [4.78, 5) is 15.1. The van der Waals surface area contributed by atoms with Crippen LogP contribution in [0, 0.1) is 0 Å². The summed E-state index contributed by atoms with van der Waals surface area (Å²) in [6.45, 7) is 0. The molecule has 0 aliphatic heterocycles. The number of H-pyrrole nitrogens is 1. The van der Waals surface area contributed by atoms with E-state index in [0.29, 0.717) is 10.9 Å². The van der Waals surface area contributed by atoms with E-state index >= 15 is 0 Å². The molecule has 0 aliphatic carbocycles. The number of aromatic nitrogens is 3. The number of aromatic amines is 1. The van der Waals surface area contributed by atoms with Crippen LogP contribution in [0.15, 0.2) is 17.1 Å². The van der Waals surface area contributed by atoms with Gasteiger partial charge >= 0.3 is 0 Å². The van der Waals surface area contributed by atoms with Gasteiger partial charge in [0, 0.05) is 0 Å². The molecule has 2 aromatic heterocycles. The van der Waals surface area contributed by atoms with E-state index in [-0.39, 0.29) is 15.7 Å². The van der Waals surface area contributed by atoms with Gasteiger partial charge in [-0.15, -0.1) is 0 Å². The van der Waals surface area contributed by atoms with E-state index in [1.165, 1.54) is 12.3 Å². The van der Waals surface area contributed by atoms with Crippen molar-refractivity contribution in [1.82, 2.24) is 15.2 Å². The highest BCUT2D eigenvalue weighted by atomic mass is 35.5. The molecule has 0 saturated heterocycles. The quantitative estimate of drug-likeness (QED) is 0.680. The zero-order chi connectivity index (χ0) is 9.42. The Morgan fingerprint density at radius 2 is 2.15 bits per heavy atom. The predicted octanol–water partition coefficient (Wildman–Crippen LogP) is 1.62. The monoisotopic (exact) mass is 215 g/mol. The number of fused-ring (bicyclic) bond motifs is 1. The van der Waals surface area contributed by atoms with Gasteiger partial charge in [0.2, 0.25) is 0 Å². The largest absolute Gasteiger partial charge is 0.275 e. The first-order chi connectivity index (χ1) is 6.18. The molecule has 0 spiro atoms. The summed E-state index contributed by atoms with van der Waals surface area (Å²) in [5, 5.41) is 6.66. The molecule has 0 amide bonds. The lowest BCUT2D eigenvalue weighted by atomic mass is 10.3. The highest BCUT2D eigenvalue weighted by molar-refractivity contribution is 6.37. The molecular formula is C7H3Cl2N3O. The van der Waals surface area contributed by atoms with Crippen LogP contribution in [0.4, 0.5) is 0 Å². The first-order valence-corrected chi connectivity index (χ1v) is 4.13. The maximum Gasteiger partial charge on any atom is 0.275 e. The van der Waals surface area contributed by atoms with Crippen LogP contribution < -0.4 is 5.56 Å². The smallest absolute Gasteiger partial charge is 0.267 e. The topological polar surface area (TPSA) is 58.6 Å². The van der Waals surface area contributed by atoms with Crippen LogP contribution in [0.5, 0.6) is 0 Å². The molecule has 0 unspecified atom stereocenters. The fraction of sp³-hybridized carbons (Fsp3) is 0. The Bertz CT molecular complexity index is 523. The zero-order valence-electron chi connectivity index (χ0n) is 6.21. The van der Waals surface area contributed by atoms with Crippen LogP contribution in [0.2, 0.25) is 10.2 Å². The zero-order valence-corrected chi connectivity index (χ0v) is 7.73. The van der Waals surface area contributed by atoms with E-state index in [9.17, 15) is 4.79 Å². The Hall–Kier alpha value is -1.13. The van der Waals surface area contributed by atoms with Crippen LogP contribution in [0.25, 0.3) is 10.9 Å². The first kappa shape index (κ1) is 8.47. The number of halogens is 2. The number of pyridine rings is 1. The normalized spacial score (nSPS) is 10.6. The SMILES string of the molecule is O=c1[nH]ncc2nc(Cl)cc(Cl)c12. The standard InChI is InChI=1S/C7H3Cl2N3O/c8-3-1-5(9)11-4-2-10-12-7(13)6(3)4/h1-2H,(H,12,13). The third kappa shape index (κ3) is 1.38. The third-order valence-electron chi connectivity index (χ3n) is 1.55. The summed E-state index contributed by atoms with van der Waals surface area (Å²) in [7, 11) is 0. The predicted molar refractivity (Wildman–Crippen MR) is 50.2 cm³/mol. The lowest BCUT2D eigenvalue weighted by molar-refractivity contribution is 1.00. The van der Waals surface area contributed by atoms with Gasteiger partial charge in [-0.2, -0.15) is 5.10 Å². The van der Waals surface area contributed by atoms with Crippen molar-refractivity contribution in [3.63, 3.8) is 0 Å². The molecule has 6 heteroatoms. The van der Waals surface area contributed by atoms with E-state index in [1.807, 2.05) is 0 Å². The highest BCUT2D eigenvalue weighted by Gasteiger charge is 2.06. The summed E-state index contributed by atoms with van der Waals surface area (Å²) >= 11 is 11.4.